The van der Waals surface area contributed by atoms with Gasteiger partial charge in [-0.25, -0.2) is 4.39 Å². The number of benzene rings is 2. The van der Waals surface area contributed by atoms with Gasteiger partial charge in [-0.15, -0.1) is 11.8 Å². The lowest BCUT2D eigenvalue weighted by Crippen LogP contribution is -2.52. The predicted octanol–water partition coefficient (Wildman–Crippen LogP) is 2.84. The van der Waals surface area contributed by atoms with E-state index in [2.05, 4.69) is 10.6 Å². The van der Waals surface area contributed by atoms with E-state index in [0.29, 0.717) is 22.6 Å². The van der Waals surface area contributed by atoms with Crippen LogP contribution in [0.15, 0.2) is 48.5 Å². The summed E-state index contributed by atoms with van der Waals surface area (Å²) in [6, 6.07) is 12.5. The smallest absolute Gasteiger partial charge is 0.253 e. The van der Waals surface area contributed by atoms with Crippen LogP contribution in [0.4, 0.5) is 10.1 Å². The molecule has 2 heterocycles. The summed E-state index contributed by atoms with van der Waals surface area (Å²) in [5.74, 6) is -0.507. The quantitative estimate of drug-likeness (QED) is 0.748. The van der Waals surface area contributed by atoms with Gasteiger partial charge in [0.25, 0.3) is 5.91 Å². The van der Waals surface area contributed by atoms with Gasteiger partial charge < -0.3 is 15.5 Å². The number of carbonyl (C=O) groups is 3. The molecule has 0 aliphatic carbocycles. The second-order valence-corrected chi connectivity index (χ2v) is 8.98. The van der Waals surface area contributed by atoms with E-state index >= 15 is 0 Å². The topological polar surface area (TPSA) is 78.5 Å². The summed E-state index contributed by atoms with van der Waals surface area (Å²) in [7, 11) is 0. The lowest BCUT2D eigenvalue weighted by molar-refractivity contribution is -0.126. The molecule has 0 bridgehead atoms. The van der Waals surface area contributed by atoms with Gasteiger partial charge in [0.2, 0.25) is 11.8 Å². The van der Waals surface area contributed by atoms with E-state index in [1.807, 2.05) is 4.90 Å². The normalized spacial score (nSPS) is 20.9. The number of thioether (sulfide) groups is 1. The van der Waals surface area contributed by atoms with Crippen molar-refractivity contribution in [3.05, 3.63) is 65.5 Å². The Morgan fingerprint density at radius 1 is 1.10 bits per heavy atom. The lowest BCUT2D eigenvalue weighted by atomic mass is 10.1. The molecule has 2 aromatic rings. The molecular weight excluding hydrogens is 417 g/mol. The number of nitrogens with one attached hydrogen (secondary N) is 2. The van der Waals surface area contributed by atoms with E-state index in [0.717, 1.165) is 25.9 Å². The molecule has 0 unspecified atom stereocenters. The molecule has 2 saturated heterocycles. The number of halogens is 1. The molecule has 2 atom stereocenters. The Balaban J connectivity index is 1.31. The summed E-state index contributed by atoms with van der Waals surface area (Å²) in [6.07, 6.45) is 2.35. The molecule has 8 heteroatoms. The summed E-state index contributed by atoms with van der Waals surface area (Å²) >= 11 is 1.35. The molecule has 4 rings (SSSR count). The molecule has 2 aromatic carbocycles. The zero-order valence-electron chi connectivity index (χ0n) is 17.0. The van der Waals surface area contributed by atoms with E-state index in [4.69, 9.17) is 0 Å². The van der Waals surface area contributed by atoms with Gasteiger partial charge in [-0.2, -0.15) is 0 Å². The van der Waals surface area contributed by atoms with Gasteiger partial charge in [-0.1, -0.05) is 18.2 Å². The van der Waals surface area contributed by atoms with Crippen LogP contribution in [0.2, 0.25) is 0 Å². The van der Waals surface area contributed by atoms with Gasteiger partial charge >= 0.3 is 0 Å². The summed E-state index contributed by atoms with van der Waals surface area (Å²) in [5.41, 5.74) is 1.65. The highest BCUT2D eigenvalue weighted by atomic mass is 32.2. The molecule has 2 N–H and O–H groups in total. The van der Waals surface area contributed by atoms with Crippen LogP contribution in [-0.4, -0.2) is 52.8 Å². The van der Waals surface area contributed by atoms with Crippen LogP contribution < -0.4 is 10.6 Å². The van der Waals surface area contributed by atoms with Crippen LogP contribution in [0.5, 0.6) is 0 Å². The highest BCUT2D eigenvalue weighted by Crippen LogP contribution is 2.24. The summed E-state index contributed by atoms with van der Waals surface area (Å²) in [6.45, 7) is 1.57. The van der Waals surface area contributed by atoms with Crippen molar-refractivity contribution in [2.24, 2.45) is 0 Å². The first-order valence-electron chi connectivity index (χ1n) is 10.4. The summed E-state index contributed by atoms with van der Waals surface area (Å²) in [4.78, 5) is 39.3. The first kappa shape index (κ1) is 21.4. The van der Waals surface area contributed by atoms with Crippen molar-refractivity contribution in [3.8, 4) is 0 Å². The van der Waals surface area contributed by atoms with E-state index in [9.17, 15) is 18.8 Å². The van der Waals surface area contributed by atoms with Crippen molar-refractivity contribution in [1.82, 2.24) is 10.2 Å². The standard InChI is InChI=1S/C23H24FN3O3S/c24-18-6-2-1-5-16(18)13-20-22(29)26-19(14-31-20)21(28)25-17-9-7-15(8-10-17)23(30)27-11-3-4-12-27/h1-2,5-10,19-20H,3-4,11-14H2,(H,25,28)(H,26,29)/t19-,20-/m1/s1. The summed E-state index contributed by atoms with van der Waals surface area (Å²) < 4.78 is 13.9. The zero-order chi connectivity index (χ0) is 21.8. The largest absolute Gasteiger partial charge is 0.343 e. The number of hydrogen-bond acceptors (Lipinski definition) is 4. The average Bonchev–Trinajstić information content (AvgIpc) is 3.31. The van der Waals surface area contributed by atoms with Crippen LogP contribution >= 0.6 is 11.8 Å². The highest BCUT2D eigenvalue weighted by molar-refractivity contribution is 8.00. The van der Waals surface area contributed by atoms with Gasteiger partial charge in [0.05, 0.1) is 5.25 Å². The first-order valence-corrected chi connectivity index (χ1v) is 11.4. The molecule has 6 nitrogen and oxygen atoms in total. The van der Waals surface area contributed by atoms with Gasteiger partial charge in [0, 0.05) is 30.1 Å². The van der Waals surface area contributed by atoms with Crippen LogP contribution in [0.1, 0.15) is 28.8 Å². The third-order valence-electron chi connectivity index (χ3n) is 5.55. The van der Waals surface area contributed by atoms with E-state index < -0.39 is 11.3 Å². The third kappa shape index (κ3) is 5.07. The average molecular weight is 442 g/mol. The number of carbonyl (C=O) groups excluding carboxylic acids is 3. The number of likely N-dealkylation sites (tertiary alicyclic amines) is 1. The van der Waals surface area contributed by atoms with Crippen LogP contribution in [0.3, 0.4) is 0 Å². The Kier molecular flexibility index (Phi) is 6.56. The third-order valence-corrected chi connectivity index (χ3v) is 6.85. The number of hydrogen-bond donors (Lipinski definition) is 2. The van der Waals surface area contributed by atoms with E-state index in [1.54, 1.807) is 42.5 Å². The van der Waals surface area contributed by atoms with Gasteiger partial charge in [0.15, 0.2) is 0 Å². The monoisotopic (exact) mass is 441 g/mol. The maximum Gasteiger partial charge on any atom is 0.253 e. The Morgan fingerprint density at radius 2 is 1.81 bits per heavy atom. The summed E-state index contributed by atoms with van der Waals surface area (Å²) in [5, 5.41) is 5.09. The SMILES string of the molecule is O=C(Nc1ccc(C(=O)N2CCCC2)cc1)[C@H]1CS[C@H](Cc2ccccc2F)C(=O)N1. The van der Waals surface area contributed by atoms with Crippen molar-refractivity contribution < 1.29 is 18.8 Å². The molecule has 162 valence electrons. The van der Waals surface area contributed by atoms with Crippen molar-refractivity contribution in [1.29, 1.82) is 0 Å². The minimum Gasteiger partial charge on any atom is -0.343 e. The Hall–Kier alpha value is -2.87. The molecule has 2 aliphatic heterocycles. The molecule has 0 spiro atoms. The molecule has 0 saturated carbocycles. The minimum atomic E-state index is -0.666. The maximum atomic E-state index is 13.9. The van der Waals surface area contributed by atoms with Crippen LogP contribution in [0.25, 0.3) is 0 Å². The fourth-order valence-electron chi connectivity index (χ4n) is 3.78. The second-order valence-electron chi connectivity index (χ2n) is 7.74. The van der Waals surface area contributed by atoms with Gasteiger partial charge in [-0.3, -0.25) is 14.4 Å². The molecule has 0 aromatic heterocycles. The molecule has 2 aliphatic rings. The zero-order valence-corrected chi connectivity index (χ0v) is 17.8. The predicted molar refractivity (Wildman–Crippen MR) is 118 cm³/mol. The Bertz CT molecular complexity index is 976. The molecule has 31 heavy (non-hydrogen) atoms. The first-order chi connectivity index (χ1) is 15.0. The number of amides is 3. The molecule has 3 amide bonds. The van der Waals surface area contributed by atoms with Crippen LogP contribution in [0, 0.1) is 5.82 Å². The fourth-order valence-corrected chi connectivity index (χ4v) is 4.96. The number of anilines is 1. The van der Waals surface area contributed by atoms with E-state index in [-0.39, 0.29) is 30.0 Å². The Labute approximate surface area is 184 Å². The fraction of sp³-hybridized carbons (Fsp3) is 0.348. The number of nitrogens with zero attached hydrogens (tertiary/aromatic N) is 1. The van der Waals surface area contributed by atoms with Crippen molar-refractivity contribution >= 4 is 35.2 Å². The molecule has 2 fully saturated rings. The number of rotatable bonds is 5. The van der Waals surface area contributed by atoms with Crippen molar-refractivity contribution in [2.75, 3.05) is 24.2 Å². The Morgan fingerprint density at radius 3 is 2.48 bits per heavy atom. The van der Waals surface area contributed by atoms with Crippen molar-refractivity contribution in [3.63, 3.8) is 0 Å². The highest BCUT2D eigenvalue weighted by Gasteiger charge is 2.33. The molecule has 0 radical (unpaired) electrons. The molecular formula is C23H24FN3O3S. The van der Waals surface area contributed by atoms with E-state index in [1.165, 1.54) is 17.8 Å². The minimum absolute atomic E-state index is 0.00668. The lowest BCUT2D eigenvalue weighted by Gasteiger charge is -2.28. The van der Waals surface area contributed by atoms with Crippen molar-refractivity contribution in [2.45, 2.75) is 30.6 Å². The van der Waals surface area contributed by atoms with Crippen LogP contribution in [-0.2, 0) is 16.0 Å². The maximum absolute atomic E-state index is 13.9. The van der Waals surface area contributed by atoms with Gasteiger partial charge in [-0.05, 0) is 55.2 Å². The van der Waals surface area contributed by atoms with Gasteiger partial charge in [0.1, 0.15) is 11.9 Å². The second kappa shape index (κ2) is 9.51.